The Bertz CT molecular complexity index is 1330. The first-order chi connectivity index (χ1) is 23.6. The molecule has 1 aromatic rings. The van der Waals surface area contributed by atoms with Crippen LogP contribution in [0.5, 0.6) is 0 Å². The van der Waals surface area contributed by atoms with Gasteiger partial charge in [-0.2, -0.15) is 0 Å². The van der Waals surface area contributed by atoms with Crippen LogP contribution >= 0.6 is 15.9 Å². The van der Waals surface area contributed by atoms with Gasteiger partial charge in [-0.1, -0.05) is 71.8 Å². The van der Waals surface area contributed by atoms with Crippen LogP contribution in [0.15, 0.2) is 55.6 Å². The monoisotopic (exact) mass is 745 g/mol. The number of methoxy groups -OCH3 is 1. The molecule has 3 aliphatic rings. The van der Waals surface area contributed by atoms with Gasteiger partial charge in [-0.15, -0.1) is 13.2 Å². The van der Waals surface area contributed by atoms with Crippen LogP contribution in [0.25, 0.3) is 0 Å². The second-order valence-corrected chi connectivity index (χ2v) is 14.4. The standard InChI is InChI=1S/C37H52BrN3O8/c1-6-9-18-28(43)39-27(23-47-5)31(25-16-11-10-12-17-25)48-36(46)29-30-34(44)41(20-13-14-21-42)33(37(30)22-26(38)32(29)49-37)35(45)40(19-8-3)24(4)15-7-2/h6,8,10-12,16-17,24,26-27,29-33,42H,1,3,7,9,13-15,18-23H2,2,4-5H3,(H,39,43)/t24?,26?,27-,29-,30+,31-,32-,33-,37+/m1/s1. The molecule has 1 spiro atoms. The number of esters is 1. The van der Waals surface area contributed by atoms with Crippen LogP contribution < -0.4 is 5.32 Å². The van der Waals surface area contributed by atoms with Crippen molar-refractivity contribution in [2.75, 3.05) is 33.4 Å². The number of likely N-dealkylation sites (tertiary alicyclic amines) is 1. The SMILES string of the molecule is C=CCCC(=O)N[C@H](COC)[C@H](OC(=O)[C@H]1[C@@H]2O[C@@]3(CC2Br)[C@@H]1C(=O)N(CCCCO)[C@@H]3C(=O)N(CC=C)C(C)CCC)c1ccccc1. The predicted octanol–water partition coefficient (Wildman–Crippen LogP) is 4.09. The van der Waals surface area contributed by atoms with Crippen molar-refractivity contribution in [3.63, 3.8) is 0 Å². The summed E-state index contributed by atoms with van der Waals surface area (Å²) in [5, 5.41) is 12.5. The van der Waals surface area contributed by atoms with Crippen LogP contribution in [0.1, 0.15) is 70.5 Å². The third-order valence-electron chi connectivity index (χ3n) is 9.95. The molecular weight excluding hydrogens is 694 g/mol. The Morgan fingerprint density at radius 3 is 2.59 bits per heavy atom. The molecule has 2 bridgehead atoms. The van der Waals surface area contributed by atoms with Crippen LogP contribution in [0, 0.1) is 11.8 Å². The molecule has 3 amide bonds. The van der Waals surface area contributed by atoms with Gasteiger partial charge in [-0.3, -0.25) is 19.2 Å². The smallest absolute Gasteiger partial charge is 0.313 e. The molecule has 12 heteroatoms. The Labute approximate surface area is 298 Å². The molecule has 0 saturated carbocycles. The Morgan fingerprint density at radius 2 is 1.96 bits per heavy atom. The zero-order valence-electron chi connectivity index (χ0n) is 28.9. The summed E-state index contributed by atoms with van der Waals surface area (Å²) in [6.07, 6.45) is 5.34. The number of amides is 3. The molecular formula is C37H52BrN3O8. The molecule has 2 N–H and O–H groups in total. The van der Waals surface area contributed by atoms with Crippen molar-refractivity contribution in [2.45, 2.75) is 99.6 Å². The van der Waals surface area contributed by atoms with E-state index in [4.69, 9.17) is 14.2 Å². The number of aliphatic hydroxyl groups is 1. The van der Waals surface area contributed by atoms with Gasteiger partial charge in [0.2, 0.25) is 17.7 Å². The fourth-order valence-corrected chi connectivity index (χ4v) is 8.74. The highest BCUT2D eigenvalue weighted by Crippen LogP contribution is 2.60. The van der Waals surface area contributed by atoms with Crippen molar-refractivity contribution in [1.82, 2.24) is 15.1 Å². The number of benzene rings is 1. The van der Waals surface area contributed by atoms with E-state index >= 15 is 0 Å². The minimum absolute atomic E-state index is 0.0457. The lowest BCUT2D eigenvalue weighted by Crippen LogP contribution is -2.58. The van der Waals surface area contributed by atoms with Crippen LogP contribution in [-0.4, -0.2) is 107 Å². The number of allylic oxidation sites excluding steroid dienone is 1. The average Bonchev–Trinajstić information content (AvgIpc) is 3.68. The number of fused-ring (bicyclic) bond motifs is 1. The lowest BCUT2D eigenvalue weighted by atomic mass is 9.70. The summed E-state index contributed by atoms with van der Waals surface area (Å²) in [4.78, 5) is 59.5. The first kappa shape index (κ1) is 38.7. The lowest BCUT2D eigenvalue weighted by molar-refractivity contribution is -0.163. The molecule has 11 nitrogen and oxygen atoms in total. The normalized spacial score (nSPS) is 27.2. The largest absolute Gasteiger partial charge is 0.455 e. The number of halogens is 1. The van der Waals surface area contributed by atoms with Gasteiger partial charge < -0.3 is 34.4 Å². The first-order valence-electron chi connectivity index (χ1n) is 17.4. The summed E-state index contributed by atoms with van der Waals surface area (Å²) >= 11 is 3.74. The summed E-state index contributed by atoms with van der Waals surface area (Å²) in [5.41, 5.74) is -0.605. The zero-order valence-corrected chi connectivity index (χ0v) is 30.5. The first-order valence-corrected chi connectivity index (χ1v) is 18.3. The molecule has 0 radical (unpaired) electrons. The quantitative estimate of drug-likeness (QED) is 0.0883. The van der Waals surface area contributed by atoms with Crippen molar-refractivity contribution in [1.29, 1.82) is 0 Å². The molecule has 3 aliphatic heterocycles. The van der Waals surface area contributed by atoms with E-state index in [-0.39, 0.29) is 54.8 Å². The molecule has 9 atom stereocenters. The van der Waals surface area contributed by atoms with E-state index in [1.807, 2.05) is 37.3 Å². The predicted molar refractivity (Wildman–Crippen MR) is 189 cm³/mol. The Hall–Kier alpha value is -3.06. The molecule has 49 heavy (non-hydrogen) atoms. The number of alkyl halides is 1. The highest BCUT2D eigenvalue weighted by atomic mass is 79.9. The van der Waals surface area contributed by atoms with E-state index in [9.17, 15) is 24.3 Å². The molecule has 2 unspecified atom stereocenters. The van der Waals surface area contributed by atoms with Crippen LogP contribution in [0.4, 0.5) is 0 Å². The molecule has 3 fully saturated rings. The summed E-state index contributed by atoms with van der Waals surface area (Å²) in [6, 6.07) is 7.32. The molecule has 4 rings (SSSR count). The third-order valence-corrected chi connectivity index (χ3v) is 10.8. The summed E-state index contributed by atoms with van der Waals surface area (Å²) < 4.78 is 18.5. The van der Waals surface area contributed by atoms with Gasteiger partial charge in [-0.25, -0.2) is 0 Å². The fraction of sp³-hybridized carbons (Fsp3) is 0.622. The number of carbonyl (C=O) groups excluding carboxylic acids is 4. The highest BCUT2D eigenvalue weighted by Gasteiger charge is 2.77. The number of carbonyl (C=O) groups is 4. The molecule has 1 aromatic carbocycles. The number of hydrogen-bond acceptors (Lipinski definition) is 8. The van der Waals surface area contributed by atoms with Crippen molar-refractivity contribution >= 4 is 39.6 Å². The van der Waals surface area contributed by atoms with Gasteiger partial charge in [0, 0.05) is 44.1 Å². The van der Waals surface area contributed by atoms with Gasteiger partial charge in [0.15, 0.2) is 0 Å². The van der Waals surface area contributed by atoms with Crippen molar-refractivity contribution in [3.05, 3.63) is 61.2 Å². The van der Waals surface area contributed by atoms with Crippen LogP contribution in [0.2, 0.25) is 0 Å². The van der Waals surface area contributed by atoms with Gasteiger partial charge in [0.25, 0.3) is 0 Å². The molecule has 3 heterocycles. The van der Waals surface area contributed by atoms with E-state index in [2.05, 4.69) is 41.3 Å². The number of rotatable bonds is 20. The van der Waals surface area contributed by atoms with E-state index < -0.39 is 47.7 Å². The van der Waals surface area contributed by atoms with Crippen molar-refractivity contribution < 1.29 is 38.5 Å². The van der Waals surface area contributed by atoms with Crippen LogP contribution in [0.3, 0.4) is 0 Å². The summed E-state index contributed by atoms with van der Waals surface area (Å²) in [7, 11) is 1.51. The number of nitrogens with zero attached hydrogens (tertiary/aromatic N) is 2. The maximum Gasteiger partial charge on any atom is 0.313 e. The molecule has 0 aromatic heterocycles. The Kier molecular flexibility index (Phi) is 14.0. The molecule has 0 aliphatic carbocycles. The summed E-state index contributed by atoms with van der Waals surface area (Å²) in [5.74, 6) is -3.41. The molecule has 270 valence electrons. The maximum absolute atomic E-state index is 14.6. The Balaban J connectivity index is 1.72. The third kappa shape index (κ3) is 8.13. The van der Waals surface area contributed by atoms with E-state index in [0.29, 0.717) is 37.8 Å². The number of aliphatic hydroxyl groups excluding tert-OH is 1. The van der Waals surface area contributed by atoms with Crippen molar-refractivity contribution in [3.8, 4) is 0 Å². The fourth-order valence-electron chi connectivity index (χ4n) is 7.79. The minimum Gasteiger partial charge on any atom is -0.455 e. The van der Waals surface area contributed by atoms with E-state index in [1.54, 1.807) is 22.0 Å². The molecule has 3 saturated heterocycles. The second-order valence-electron chi connectivity index (χ2n) is 13.3. The lowest BCUT2D eigenvalue weighted by Gasteiger charge is -2.39. The minimum atomic E-state index is -1.26. The summed E-state index contributed by atoms with van der Waals surface area (Å²) in [6.45, 7) is 12.2. The topological polar surface area (TPSA) is 135 Å². The van der Waals surface area contributed by atoms with Gasteiger partial charge in [0.1, 0.15) is 17.7 Å². The number of unbranched alkanes of at least 4 members (excludes halogenated alkanes) is 1. The Morgan fingerprint density at radius 1 is 1.22 bits per heavy atom. The van der Waals surface area contributed by atoms with Gasteiger partial charge in [0.05, 0.1) is 30.6 Å². The maximum atomic E-state index is 14.6. The average molecular weight is 747 g/mol. The van der Waals surface area contributed by atoms with Gasteiger partial charge in [-0.05, 0) is 44.6 Å². The van der Waals surface area contributed by atoms with E-state index in [1.165, 1.54) is 7.11 Å². The van der Waals surface area contributed by atoms with Crippen molar-refractivity contribution in [2.24, 2.45) is 11.8 Å². The zero-order chi connectivity index (χ0) is 35.7. The van der Waals surface area contributed by atoms with E-state index in [0.717, 1.165) is 12.8 Å². The second kappa shape index (κ2) is 17.7. The number of hydrogen-bond donors (Lipinski definition) is 2. The highest BCUT2D eigenvalue weighted by molar-refractivity contribution is 9.09. The number of ether oxygens (including phenoxy) is 3. The van der Waals surface area contributed by atoms with Crippen LogP contribution in [-0.2, 0) is 33.4 Å². The number of nitrogens with one attached hydrogen (secondary N) is 1. The van der Waals surface area contributed by atoms with Gasteiger partial charge >= 0.3 is 5.97 Å².